The maximum Gasteiger partial charge on any atom is 0.162 e. The molecule has 1 atom stereocenters. The van der Waals surface area contributed by atoms with E-state index in [4.69, 9.17) is 0 Å². The topological polar surface area (TPSA) is 37.3 Å². The molecule has 2 aromatic rings. The summed E-state index contributed by atoms with van der Waals surface area (Å²) in [5, 5.41) is 11.7. The van der Waals surface area contributed by atoms with Crippen LogP contribution < -0.4 is 0 Å². The van der Waals surface area contributed by atoms with E-state index in [2.05, 4.69) is 0 Å². The zero-order valence-electron chi connectivity index (χ0n) is 8.47. The highest BCUT2D eigenvalue weighted by Gasteiger charge is 2.14. The van der Waals surface area contributed by atoms with Crippen molar-refractivity contribution in [2.75, 3.05) is 0 Å². The van der Waals surface area contributed by atoms with E-state index in [1.165, 1.54) is 6.92 Å². The van der Waals surface area contributed by atoms with Gasteiger partial charge in [-0.05, 0) is 23.3 Å². The molecule has 2 heteroatoms. The third kappa shape index (κ3) is 1.76. The third-order valence-corrected chi connectivity index (χ3v) is 2.50. The van der Waals surface area contributed by atoms with Crippen LogP contribution in [0.15, 0.2) is 42.5 Å². The third-order valence-electron chi connectivity index (χ3n) is 2.50. The number of carbonyl (C=O) groups excluding carboxylic acids is 1. The fraction of sp³-hybridized carbons (Fsp3) is 0.154. The predicted octanol–water partition coefficient (Wildman–Crippen LogP) is 2.46. The number of benzene rings is 2. The van der Waals surface area contributed by atoms with Crippen molar-refractivity contribution in [3.8, 4) is 0 Å². The molecular formula is C13H12O2. The van der Waals surface area contributed by atoms with Crippen molar-refractivity contribution >= 4 is 16.6 Å². The van der Waals surface area contributed by atoms with Gasteiger partial charge in [0.25, 0.3) is 0 Å². The minimum absolute atomic E-state index is 0.230. The van der Waals surface area contributed by atoms with Crippen LogP contribution in [0.25, 0.3) is 10.8 Å². The summed E-state index contributed by atoms with van der Waals surface area (Å²) in [6, 6.07) is 13.3. The number of aliphatic hydroxyl groups excluding tert-OH is 1. The molecule has 0 aliphatic rings. The lowest BCUT2D eigenvalue weighted by molar-refractivity contribution is -0.125. The van der Waals surface area contributed by atoms with Crippen molar-refractivity contribution in [1.82, 2.24) is 0 Å². The number of hydrogen-bond donors (Lipinski definition) is 1. The van der Waals surface area contributed by atoms with Gasteiger partial charge in [-0.3, -0.25) is 4.79 Å². The Bertz CT molecular complexity index is 497. The van der Waals surface area contributed by atoms with Crippen LogP contribution in [0.4, 0.5) is 0 Å². The molecule has 0 aliphatic carbocycles. The minimum atomic E-state index is -1.02. The van der Waals surface area contributed by atoms with E-state index < -0.39 is 6.10 Å². The molecule has 0 saturated carbocycles. The first-order valence-corrected chi connectivity index (χ1v) is 4.86. The number of hydrogen-bond acceptors (Lipinski definition) is 2. The van der Waals surface area contributed by atoms with Gasteiger partial charge in [0.05, 0.1) is 0 Å². The average Bonchev–Trinajstić information content (AvgIpc) is 2.27. The highest BCUT2D eigenvalue weighted by molar-refractivity contribution is 5.91. The molecule has 2 nitrogen and oxygen atoms in total. The lowest BCUT2D eigenvalue weighted by Crippen LogP contribution is -2.07. The van der Waals surface area contributed by atoms with Gasteiger partial charge in [-0.15, -0.1) is 0 Å². The Morgan fingerprint density at radius 2 is 1.80 bits per heavy atom. The summed E-state index contributed by atoms with van der Waals surface area (Å²) in [5.74, 6) is -0.230. The van der Waals surface area contributed by atoms with Gasteiger partial charge in [0, 0.05) is 0 Å². The van der Waals surface area contributed by atoms with Crippen molar-refractivity contribution in [1.29, 1.82) is 0 Å². The fourth-order valence-corrected chi connectivity index (χ4v) is 1.71. The van der Waals surface area contributed by atoms with Crippen LogP contribution in [0.1, 0.15) is 18.6 Å². The van der Waals surface area contributed by atoms with Gasteiger partial charge in [-0.25, -0.2) is 0 Å². The van der Waals surface area contributed by atoms with E-state index in [-0.39, 0.29) is 5.78 Å². The molecule has 0 fully saturated rings. The normalized spacial score (nSPS) is 12.7. The maximum atomic E-state index is 11.1. The van der Waals surface area contributed by atoms with Crippen LogP contribution >= 0.6 is 0 Å². The van der Waals surface area contributed by atoms with Crippen LogP contribution in [-0.4, -0.2) is 10.9 Å². The quantitative estimate of drug-likeness (QED) is 0.808. The summed E-state index contributed by atoms with van der Waals surface area (Å²) in [6.07, 6.45) is -1.02. The maximum absolute atomic E-state index is 11.1. The first kappa shape index (κ1) is 9.87. The van der Waals surface area contributed by atoms with E-state index in [1.807, 2.05) is 36.4 Å². The molecule has 0 spiro atoms. The van der Waals surface area contributed by atoms with E-state index in [1.54, 1.807) is 6.07 Å². The summed E-state index contributed by atoms with van der Waals surface area (Å²) in [6.45, 7) is 1.40. The van der Waals surface area contributed by atoms with Crippen LogP contribution in [-0.2, 0) is 4.79 Å². The van der Waals surface area contributed by atoms with Gasteiger partial charge >= 0.3 is 0 Å². The highest BCUT2D eigenvalue weighted by atomic mass is 16.3. The standard InChI is InChI=1S/C13H12O2/c1-9(14)13(15)12-8-4-6-10-5-2-3-7-11(10)12/h2-8,13,15H,1H3. The molecule has 1 unspecified atom stereocenters. The zero-order valence-corrected chi connectivity index (χ0v) is 8.47. The molecule has 0 aromatic heterocycles. The van der Waals surface area contributed by atoms with Crippen molar-refractivity contribution in [2.24, 2.45) is 0 Å². The first-order chi connectivity index (χ1) is 7.20. The average molecular weight is 200 g/mol. The highest BCUT2D eigenvalue weighted by Crippen LogP contribution is 2.24. The van der Waals surface area contributed by atoms with Crippen molar-refractivity contribution in [2.45, 2.75) is 13.0 Å². The van der Waals surface area contributed by atoms with Gasteiger partial charge < -0.3 is 5.11 Å². The van der Waals surface area contributed by atoms with Gasteiger partial charge in [0.15, 0.2) is 5.78 Å². The Kier molecular flexibility index (Phi) is 2.52. The van der Waals surface area contributed by atoms with Crippen molar-refractivity contribution in [3.63, 3.8) is 0 Å². The lowest BCUT2D eigenvalue weighted by Gasteiger charge is -2.10. The Labute approximate surface area is 88.2 Å². The van der Waals surface area contributed by atoms with Crippen LogP contribution in [0.2, 0.25) is 0 Å². The molecule has 0 amide bonds. The summed E-state index contributed by atoms with van der Waals surface area (Å²) < 4.78 is 0. The Hall–Kier alpha value is -1.67. The molecule has 0 bridgehead atoms. The molecule has 0 heterocycles. The summed E-state index contributed by atoms with van der Waals surface area (Å²) in [4.78, 5) is 11.1. The van der Waals surface area contributed by atoms with Gasteiger partial charge in [0.1, 0.15) is 6.10 Å². The van der Waals surface area contributed by atoms with Gasteiger partial charge in [-0.1, -0.05) is 42.5 Å². The molecule has 0 radical (unpaired) electrons. The second kappa shape index (κ2) is 3.83. The molecule has 76 valence electrons. The Morgan fingerprint density at radius 1 is 1.13 bits per heavy atom. The van der Waals surface area contributed by atoms with E-state index in [0.717, 1.165) is 10.8 Å². The molecule has 0 saturated heterocycles. The second-order valence-electron chi connectivity index (χ2n) is 3.58. The second-order valence-corrected chi connectivity index (χ2v) is 3.58. The van der Waals surface area contributed by atoms with Gasteiger partial charge in [0.2, 0.25) is 0 Å². The summed E-state index contributed by atoms with van der Waals surface area (Å²) >= 11 is 0. The Balaban J connectivity index is 2.65. The van der Waals surface area contributed by atoms with E-state index >= 15 is 0 Å². The molecule has 2 rings (SSSR count). The van der Waals surface area contributed by atoms with Crippen molar-refractivity contribution in [3.05, 3.63) is 48.0 Å². The largest absolute Gasteiger partial charge is 0.381 e. The minimum Gasteiger partial charge on any atom is -0.381 e. The number of carbonyl (C=O) groups is 1. The van der Waals surface area contributed by atoms with Gasteiger partial charge in [-0.2, -0.15) is 0 Å². The number of fused-ring (bicyclic) bond motifs is 1. The number of aliphatic hydroxyl groups is 1. The lowest BCUT2D eigenvalue weighted by atomic mass is 9.99. The summed E-state index contributed by atoms with van der Waals surface area (Å²) in [7, 11) is 0. The molecule has 15 heavy (non-hydrogen) atoms. The number of Topliss-reactive ketones (excluding diaryl/α,β-unsaturated/α-hetero) is 1. The number of ketones is 1. The monoisotopic (exact) mass is 200 g/mol. The van der Waals surface area contributed by atoms with Crippen LogP contribution in [0, 0.1) is 0 Å². The zero-order chi connectivity index (χ0) is 10.8. The molecule has 1 N–H and O–H groups in total. The SMILES string of the molecule is CC(=O)C(O)c1cccc2ccccc12. The Morgan fingerprint density at radius 3 is 2.53 bits per heavy atom. The predicted molar refractivity (Wildman–Crippen MR) is 59.6 cm³/mol. The van der Waals surface area contributed by atoms with E-state index in [9.17, 15) is 9.90 Å². The fourth-order valence-electron chi connectivity index (χ4n) is 1.71. The van der Waals surface area contributed by atoms with Crippen LogP contribution in [0.3, 0.4) is 0 Å². The number of rotatable bonds is 2. The first-order valence-electron chi connectivity index (χ1n) is 4.86. The molecular weight excluding hydrogens is 188 g/mol. The smallest absolute Gasteiger partial charge is 0.162 e. The molecule has 2 aromatic carbocycles. The van der Waals surface area contributed by atoms with E-state index in [0.29, 0.717) is 5.56 Å². The van der Waals surface area contributed by atoms with Crippen LogP contribution in [0.5, 0.6) is 0 Å². The summed E-state index contributed by atoms with van der Waals surface area (Å²) in [5.41, 5.74) is 0.681. The van der Waals surface area contributed by atoms with Crippen molar-refractivity contribution < 1.29 is 9.90 Å². The molecule has 0 aliphatic heterocycles.